The van der Waals surface area contributed by atoms with Gasteiger partial charge in [-0.2, -0.15) is 0 Å². The first-order valence-electron chi connectivity index (χ1n) is 13.3. The number of carbonyl (C=O) groups excluding carboxylic acids is 1. The first-order chi connectivity index (χ1) is 17.8. The van der Waals surface area contributed by atoms with Crippen molar-refractivity contribution < 1.29 is 9.18 Å². The number of rotatable bonds is 5. The molecular weight excluding hydrogens is 574 g/mol. The average Bonchev–Trinajstić information content (AvgIpc) is 2.90. The Morgan fingerprint density at radius 2 is 1.73 bits per heavy atom. The first-order valence-corrected chi connectivity index (χ1v) is 13.3. The van der Waals surface area contributed by atoms with Gasteiger partial charge in [0, 0.05) is 65.8 Å². The zero-order chi connectivity index (χ0) is 26.1. The molecule has 220 valence electrons. The predicted octanol–water partition coefficient (Wildman–Crippen LogP) is 5.66. The lowest BCUT2D eigenvalue weighted by molar-refractivity contribution is -0.136. The Morgan fingerprint density at radius 1 is 1.05 bits per heavy atom. The van der Waals surface area contributed by atoms with E-state index in [1.165, 1.54) is 0 Å². The number of hydrogen-bond donors (Lipinski definition) is 3. The molecule has 0 aliphatic carbocycles. The lowest BCUT2D eigenvalue weighted by Crippen LogP contribution is -2.51. The maximum absolute atomic E-state index is 14.9. The molecule has 7 nitrogen and oxygen atoms in total. The van der Waals surface area contributed by atoms with Crippen LogP contribution in [0.5, 0.6) is 0 Å². The molecule has 1 atom stereocenters. The molecule has 1 amide bonds. The van der Waals surface area contributed by atoms with Crippen molar-refractivity contribution in [2.24, 2.45) is 5.92 Å². The number of anilines is 3. The number of carbonyl (C=O) groups is 1. The molecule has 0 radical (unpaired) electrons. The zero-order valence-electron chi connectivity index (χ0n) is 23.2. The molecule has 2 saturated heterocycles. The fraction of sp³-hybridized carbons (Fsp3) is 0.448. The Hall–Kier alpha value is -2.52. The van der Waals surface area contributed by atoms with Crippen LogP contribution in [0.4, 0.5) is 21.5 Å². The number of hydrogen-bond acceptors (Lipinski definition) is 6. The van der Waals surface area contributed by atoms with Gasteiger partial charge in [0.25, 0.3) is 0 Å². The lowest BCUT2D eigenvalue weighted by atomic mass is 9.96. The molecule has 0 saturated carbocycles. The van der Waals surface area contributed by atoms with Gasteiger partial charge in [-0.25, -0.2) is 4.39 Å². The maximum Gasteiger partial charge on any atom is 0.225 e. The van der Waals surface area contributed by atoms with Crippen LogP contribution in [0.3, 0.4) is 0 Å². The number of nitrogen functional groups attached to an aromatic ring is 1. The molecule has 11 heteroatoms. The van der Waals surface area contributed by atoms with Gasteiger partial charge in [0.15, 0.2) is 0 Å². The van der Waals surface area contributed by atoms with Gasteiger partial charge in [-0.05, 0) is 88.7 Å². The van der Waals surface area contributed by atoms with Crippen LogP contribution >= 0.6 is 37.2 Å². The molecule has 0 unspecified atom stereocenters. The second kappa shape index (κ2) is 14.4. The average molecular weight is 614 g/mol. The van der Waals surface area contributed by atoms with Crippen LogP contribution in [0, 0.1) is 25.6 Å². The number of nitrogens with zero attached hydrogens (tertiary/aromatic N) is 3. The van der Waals surface area contributed by atoms with Gasteiger partial charge in [-0.3, -0.25) is 9.78 Å². The molecule has 0 spiro atoms. The SMILES string of the molecule is Cc1cc(N[C@H](C)c2cc(N)cc(C)c2F)c2cc(N3CCN(C(=O)C4CCNCC4)CC3)ccc2n1.Cl.Cl.Cl. The Labute approximate surface area is 254 Å². The summed E-state index contributed by atoms with van der Waals surface area (Å²) in [6.45, 7) is 10.6. The first kappa shape index (κ1) is 33.7. The third kappa shape index (κ3) is 7.21. The van der Waals surface area contributed by atoms with Crippen LogP contribution < -0.4 is 21.3 Å². The Bertz CT molecular complexity index is 1310. The van der Waals surface area contributed by atoms with Crippen LogP contribution in [-0.4, -0.2) is 55.1 Å². The van der Waals surface area contributed by atoms with E-state index < -0.39 is 0 Å². The number of nitrogens with one attached hydrogen (secondary N) is 2. The Kier molecular flexibility index (Phi) is 12.1. The quantitative estimate of drug-likeness (QED) is 0.322. The van der Waals surface area contributed by atoms with Crippen LogP contribution in [0.1, 0.15) is 42.6 Å². The number of aromatic nitrogens is 1. The van der Waals surface area contributed by atoms with E-state index in [1.807, 2.05) is 30.9 Å². The predicted molar refractivity (Wildman–Crippen MR) is 170 cm³/mol. The van der Waals surface area contributed by atoms with E-state index >= 15 is 0 Å². The molecule has 0 bridgehead atoms. The number of piperazine rings is 1. The largest absolute Gasteiger partial charge is 0.399 e. The van der Waals surface area contributed by atoms with Gasteiger partial charge in [-0.15, -0.1) is 37.2 Å². The number of pyridine rings is 1. The molecular formula is C29H40Cl3FN6O. The Morgan fingerprint density at radius 3 is 2.40 bits per heavy atom. The third-order valence-electron chi connectivity index (χ3n) is 7.71. The maximum atomic E-state index is 14.9. The Balaban J connectivity index is 0.00000187. The highest BCUT2D eigenvalue weighted by Gasteiger charge is 2.28. The van der Waals surface area contributed by atoms with Crippen LogP contribution in [0.2, 0.25) is 0 Å². The van der Waals surface area contributed by atoms with Crippen molar-refractivity contribution >= 4 is 71.1 Å². The number of nitrogens with two attached hydrogens (primary N) is 1. The number of benzene rings is 2. The second-order valence-electron chi connectivity index (χ2n) is 10.5. The minimum Gasteiger partial charge on any atom is -0.399 e. The van der Waals surface area contributed by atoms with Crippen molar-refractivity contribution in [2.75, 3.05) is 55.2 Å². The van der Waals surface area contributed by atoms with Crippen LogP contribution in [-0.2, 0) is 4.79 Å². The van der Waals surface area contributed by atoms with Crippen molar-refractivity contribution in [2.45, 2.75) is 39.7 Å². The molecule has 4 N–H and O–H groups in total. The smallest absolute Gasteiger partial charge is 0.225 e. The zero-order valence-corrected chi connectivity index (χ0v) is 25.7. The highest BCUT2D eigenvalue weighted by atomic mass is 35.5. The van der Waals surface area contributed by atoms with Crippen molar-refractivity contribution in [1.82, 2.24) is 15.2 Å². The molecule has 3 heterocycles. The minimum absolute atomic E-state index is 0. The van der Waals surface area contributed by atoms with Gasteiger partial charge in [0.05, 0.1) is 11.6 Å². The van der Waals surface area contributed by atoms with Gasteiger partial charge in [0.1, 0.15) is 5.82 Å². The van der Waals surface area contributed by atoms with Gasteiger partial charge in [-0.1, -0.05) is 0 Å². The third-order valence-corrected chi connectivity index (χ3v) is 7.71. The molecule has 40 heavy (non-hydrogen) atoms. The molecule has 2 aliphatic rings. The summed E-state index contributed by atoms with van der Waals surface area (Å²) in [5.74, 6) is 0.234. The summed E-state index contributed by atoms with van der Waals surface area (Å²) >= 11 is 0. The van der Waals surface area contributed by atoms with Crippen LogP contribution in [0.15, 0.2) is 36.4 Å². The summed E-state index contributed by atoms with van der Waals surface area (Å²) < 4.78 is 14.9. The highest BCUT2D eigenvalue weighted by molar-refractivity contribution is 5.94. The summed E-state index contributed by atoms with van der Waals surface area (Å²) in [7, 11) is 0. The lowest BCUT2D eigenvalue weighted by Gasteiger charge is -2.38. The monoisotopic (exact) mass is 612 g/mol. The van der Waals surface area contributed by atoms with Crippen molar-refractivity contribution in [3.05, 3.63) is 59.0 Å². The van der Waals surface area contributed by atoms with Gasteiger partial charge >= 0.3 is 0 Å². The van der Waals surface area contributed by atoms with E-state index in [9.17, 15) is 9.18 Å². The van der Waals surface area contributed by atoms with Gasteiger partial charge in [0.2, 0.25) is 5.91 Å². The molecule has 2 aromatic carbocycles. The van der Waals surface area contributed by atoms with E-state index in [0.29, 0.717) is 22.7 Å². The van der Waals surface area contributed by atoms with Crippen molar-refractivity contribution in [3.8, 4) is 0 Å². The van der Waals surface area contributed by atoms with Crippen molar-refractivity contribution in [1.29, 1.82) is 0 Å². The summed E-state index contributed by atoms with van der Waals surface area (Å²) in [6, 6.07) is 11.4. The highest BCUT2D eigenvalue weighted by Crippen LogP contribution is 2.32. The second-order valence-corrected chi connectivity index (χ2v) is 10.5. The number of aryl methyl sites for hydroxylation is 2. The van der Waals surface area contributed by atoms with E-state index in [-0.39, 0.29) is 55.0 Å². The summed E-state index contributed by atoms with van der Waals surface area (Å²) in [5.41, 5.74) is 11.5. The van der Waals surface area contributed by atoms with E-state index in [0.717, 1.165) is 80.1 Å². The minimum atomic E-state index is -0.277. The summed E-state index contributed by atoms with van der Waals surface area (Å²) in [4.78, 5) is 22.1. The molecule has 2 fully saturated rings. The molecule has 3 aromatic rings. The summed E-state index contributed by atoms with van der Waals surface area (Å²) in [5, 5.41) is 7.84. The number of halogens is 4. The standard InChI is InChI=1S/C29H37FN6O.3ClH/c1-18-14-22(31)16-24(28(18)30)20(3)34-27-15-19(2)33-26-5-4-23(17-25(26)27)35-10-12-36(13-11-35)29(37)21-6-8-32-9-7-21;;;/h4-5,14-17,20-21,32H,6-13,31H2,1-3H3,(H,33,34);3*1H/t20-;;;/m1.../s1. The number of fused-ring (bicyclic) bond motifs is 1. The van der Waals surface area contributed by atoms with Gasteiger partial charge < -0.3 is 26.2 Å². The molecule has 5 rings (SSSR count). The number of amides is 1. The molecule has 1 aromatic heterocycles. The van der Waals surface area contributed by atoms with E-state index in [1.54, 1.807) is 19.1 Å². The fourth-order valence-corrected chi connectivity index (χ4v) is 5.63. The number of piperidine rings is 1. The van der Waals surface area contributed by atoms with E-state index in [4.69, 9.17) is 10.7 Å². The fourth-order valence-electron chi connectivity index (χ4n) is 5.63. The van der Waals surface area contributed by atoms with Crippen molar-refractivity contribution in [3.63, 3.8) is 0 Å². The molecule has 2 aliphatic heterocycles. The van der Waals surface area contributed by atoms with Crippen LogP contribution in [0.25, 0.3) is 10.9 Å². The van der Waals surface area contributed by atoms with E-state index in [2.05, 4.69) is 27.7 Å². The topological polar surface area (TPSA) is 86.5 Å². The summed E-state index contributed by atoms with van der Waals surface area (Å²) in [6.07, 6.45) is 1.87. The normalized spacial score (nSPS) is 16.4.